The van der Waals surface area contributed by atoms with Crippen LogP contribution in [0, 0.1) is 0 Å². The van der Waals surface area contributed by atoms with Crippen LogP contribution < -0.4 is 5.32 Å². The summed E-state index contributed by atoms with van der Waals surface area (Å²) in [6, 6.07) is 11.1. The maximum absolute atomic E-state index is 3.52. The molecule has 106 valence electrons. The molecule has 3 rings (SSSR count). The van der Waals surface area contributed by atoms with Crippen molar-refractivity contribution < 1.29 is 0 Å². The second kappa shape index (κ2) is 6.42. The molecular formula is C17H22N2S. The summed E-state index contributed by atoms with van der Waals surface area (Å²) in [4.78, 5) is 3.98. The van der Waals surface area contributed by atoms with Gasteiger partial charge in [0, 0.05) is 30.2 Å². The van der Waals surface area contributed by atoms with Crippen molar-refractivity contribution >= 4 is 17.0 Å². The SMILES string of the molecule is CCN(Cc1cccs1)Cc1cccc2c1CCCN2. The van der Waals surface area contributed by atoms with Gasteiger partial charge in [0.2, 0.25) is 0 Å². The van der Waals surface area contributed by atoms with Crippen molar-refractivity contribution in [2.75, 3.05) is 18.4 Å². The van der Waals surface area contributed by atoms with Gasteiger partial charge < -0.3 is 5.32 Å². The molecule has 0 amide bonds. The van der Waals surface area contributed by atoms with E-state index in [-0.39, 0.29) is 0 Å². The first kappa shape index (κ1) is 13.7. The Morgan fingerprint density at radius 1 is 1.20 bits per heavy atom. The second-order valence-corrected chi connectivity index (χ2v) is 6.39. The highest BCUT2D eigenvalue weighted by molar-refractivity contribution is 7.09. The van der Waals surface area contributed by atoms with Gasteiger partial charge in [-0.15, -0.1) is 11.3 Å². The van der Waals surface area contributed by atoms with E-state index in [1.165, 1.54) is 34.5 Å². The quantitative estimate of drug-likeness (QED) is 0.889. The number of hydrogen-bond donors (Lipinski definition) is 1. The maximum Gasteiger partial charge on any atom is 0.0375 e. The van der Waals surface area contributed by atoms with Crippen LogP contribution in [0.4, 0.5) is 5.69 Å². The fourth-order valence-electron chi connectivity index (χ4n) is 2.88. The smallest absolute Gasteiger partial charge is 0.0375 e. The van der Waals surface area contributed by atoms with Crippen LogP contribution in [0.3, 0.4) is 0 Å². The summed E-state index contributed by atoms with van der Waals surface area (Å²) in [6.45, 7) is 6.57. The van der Waals surface area contributed by atoms with Crippen molar-refractivity contribution in [1.82, 2.24) is 4.90 Å². The van der Waals surface area contributed by atoms with Gasteiger partial charge in [0.25, 0.3) is 0 Å². The largest absolute Gasteiger partial charge is 0.385 e. The van der Waals surface area contributed by atoms with E-state index in [0.29, 0.717) is 0 Å². The number of benzene rings is 1. The summed E-state index contributed by atoms with van der Waals surface area (Å²) in [7, 11) is 0. The summed E-state index contributed by atoms with van der Waals surface area (Å²) in [5.41, 5.74) is 4.37. The maximum atomic E-state index is 3.52. The molecule has 3 heteroatoms. The van der Waals surface area contributed by atoms with E-state index in [2.05, 4.69) is 52.9 Å². The van der Waals surface area contributed by atoms with Gasteiger partial charge in [-0.05, 0) is 48.0 Å². The van der Waals surface area contributed by atoms with Crippen molar-refractivity contribution in [2.24, 2.45) is 0 Å². The van der Waals surface area contributed by atoms with Crippen molar-refractivity contribution in [1.29, 1.82) is 0 Å². The van der Waals surface area contributed by atoms with Crippen LogP contribution in [0.25, 0.3) is 0 Å². The number of rotatable bonds is 5. The van der Waals surface area contributed by atoms with Crippen molar-refractivity contribution in [3.63, 3.8) is 0 Å². The number of fused-ring (bicyclic) bond motifs is 1. The van der Waals surface area contributed by atoms with Crippen LogP contribution >= 0.6 is 11.3 Å². The third-order valence-electron chi connectivity index (χ3n) is 3.99. The predicted octanol–water partition coefficient (Wildman–Crippen LogP) is 4.13. The van der Waals surface area contributed by atoms with Gasteiger partial charge in [0.1, 0.15) is 0 Å². The number of nitrogens with one attached hydrogen (secondary N) is 1. The van der Waals surface area contributed by atoms with Crippen LogP contribution in [0.1, 0.15) is 29.3 Å². The average Bonchev–Trinajstić information content (AvgIpc) is 3.00. The third-order valence-corrected chi connectivity index (χ3v) is 4.85. The van der Waals surface area contributed by atoms with Gasteiger partial charge in [-0.1, -0.05) is 25.1 Å². The number of hydrogen-bond acceptors (Lipinski definition) is 3. The molecule has 0 atom stereocenters. The minimum absolute atomic E-state index is 1.05. The summed E-state index contributed by atoms with van der Waals surface area (Å²) in [5.74, 6) is 0. The molecule has 0 aliphatic carbocycles. The molecule has 0 saturated carbocycles. The third kappa shape index (κ3) is 3.05. The van der Waals surface area contributed by atoms with Crippen molar-refractivity contribution in [3.05, 3.63) is 51.7 Å². The average molecular weight is 286 g/mol. The minimum atomic E-state index is 1.05. The van der Waals surface area contributed by atoms with E-state index >= 15 is 0 Å². The zero-order valence-corrected chi connectivity index (χ0v) is 12.9. The predicted molar refractivity (Wildman–Crippen MR) is 87.4 cm³/mol. The van der Waals surface area contributed by atoms with Crippen LogP contribution in [0.2, 0.25) is 0 Å². The standard InChI is InChI=1S/C17H22N2S/c1-2-19(13-15-7-5-11-20-15)12-14-6-3-9-17-16(14)8-4-10-18-17/h3,5-7,9,11,18H,2,4,8,10,12-13H2,1H3. The molecule has 1 aromatic heterocycles. The fourth-order valence-corrected chi connectivity index (χ4v) is 3.62. The Hall–Kier alpha value is -1.32. The number of nitrogens with zero attached hydrogens (tertiary/aromatic N) is 1. The lowest BCUT2D eigenvalue weighted by Gasteiger charge is -2.25. The Balaban J connectivity index is 1.75. The van der Waals surface area contributed by atoms with Crippen LogP contribution in [-0.4, -0.2) is 18.0 Å². The van der Waals surface area contributed by atoms with Gasteiger partial charge in [0.05, 0.1) is 0 Å². The minimum Gasteiger partial charge on any atom is -0.385 e. The van der Waals surface area contributed by atoms with Crippen LogP contribution in [0.15, 0.2) is 35.7 Å². The molecule has 0 spiro atoms. The molecule has 0 fully saturated rings. The lowest BCUT2D eigenvalue weighted by Crippen LogP contribution is -2.23. The van der Waals surface area contributed by atoms with E-state index in [4.69, 9.17) is 0 Å². The van der Waals surface area contributed by atoms with Crippen molar-refractivity contribution in [2.45, 2.75) is 32.9 Å². The molecule has 0 bridgehead atoms. The first-order chi connectivity index (χ1) is 9.86. The fraction of sp³-hybridized carbons (Fsp3) is 0.412. The number of thiophene rings is 1. The zero-order chi connectivity index (χ0) is 13.8. The lowest BCUT2D eigenvalue weighted by atomic mass is 9.97. The van der Waals surface area contributed by atoms with Crippen molar-refractivity contribution in [3.8, 4) is 0 Å². The first-order valence-corrected chi connectivity index (χ1v) is 8.34. The zero-order valence-electron chi connectivity index (χ0n) is 12.1. The molecule has 2 heterocycles. The Bertz CT molecular complexity index is 548. The highest BCUT2D eigenvalue weighted by atomic mass is 32.1. The molecule has 1 aliphatic heterocycles. The Morgan fingerprint density at radius 3 is 2.95 bits per heavy atom. The molecule has 2 aromatic rings. The topological polar surface area (TPSA) is 15.3 Å². The Morgan fingerprint density at radius 2 is 2.15 bits per heavy atom. The Kier molecular flexibility index (Phi) is 4.38. The summed E-state index contributed by atoms with van der Waals surface area (Å²) in [5, 5.41) is 5.69. The molecule has 0 radical (unpaired) electrons. The normalized spacial score (nSPS) is 14.1. The molecule has 1 aliphatic rings. The van der Waals surface area contributed by atoms with Gasteiger partial charge in [-0.2, -0.15) is 0 Å². The van der Waals surface area contributed by atoms with E-state index in [1.807, 2.05) is 11.3 Å². The summed E-state index contributed by atoms with van der Waals surface area (Å²) < 4.78 is 0. The first-order valence-electron chi connectivity index (χ1n) is 7.46. The molecule has 1 aromatic carbocycles. The summed E-state index contributed by atoms with van der Waals surface area (Å²) >= 11 is 1.85. The Labute approximate surface area is 125 Å². The highest BCUT2D eigenvalue weighted by Gasteiger charge is 2.14. The summed E-state index contributed by atoms with van der Waals surface area (Å²) in [6.07, 6.45) is 2.47. The van der Waals surface area contributed by atoms with E-state index < -0.39 is 0 Å². The molecular weight excluding hydrogens is 264 g/mol. The molecule has 1 N–H and O–H groups in total. The monoisotopic (exact) mass is 286 g/mol. The van der Waals surface area contributed by atoms with Gasteiger partial charge in [0.15, 0.2) is 0 Å². The van der Waals surface area contributed by atoms with Crippen LogP contribution in [-0.2, 0) is 19.5 Å². The molecule has 2 nitrogen and oxygen atoms in total. The van der Waals surface area contributed by atoms with E-state index in [0.717, 1.165) is 26.2 Å². The van der Waals surface area contributed by atoms with Gasteiger partial charge in [-0.25, -0.2) is 0 Å². The van der Waals surface area contributed by atoms with E-state index in [1.54, 1.807) is 0 Å². The molecule has 0 saturated heterocycles. The van der Waals surface area contributed by atoms with E-state index in [9.17, 15) is 0 Å². The van der Waals surface area contributed by atoms with Crippen LogP contribution in [0.5, 0.6) is 0 Å². The van der Waals surface area contributed by atoms with Gasteiger partial charge >= 0.3 is 0 Å². The second-order valence-electron chi connectivity index (χ2n) is 5.36. The molecule has 20 heavy (non-hydrogen) atoms. The molecule has 0 unspecified atom stereocenters. The number of anilines is 1. The highest BCUT2D eigenvalue weighted by Crippen LogP contribution is 2.26. The van der Waals surface area contributed by atoms with Gasteiger partial charge in [-0.3, -0.25) is 4.90 Å². The lowest BCUT2D eigenvalue weighted by molar-refractivity contribution is 0.273.